The molecular weight excluding hydrogens is 397 g/mol. The summed E-state index contributed by atoms with van der Waals surface area (Å²) >= 11 is 0. The lowest BCUT2D eigenvalue weighted by Crippen LogP contribution is -2.45. The summed E-state index contributed by atoms with van der Waals surface area (Å²) in [4.78, 5) is 21.6. The molecule has 0 saturated heterocycles. The van der Waals surface area contributed by atoms with E-state index in [2.05, 4.69) is 37.4 Å². The molecule has 1 atom stereocenters. The van der Waals surface area contributed by atoms with E-state index in [9.17, 15) is 9.18 Å². The first-order valence-corrected chi connectivity index (χ1v) is 10.5. The van der Waals surface area contributed by atoms with Gasteiger partial charge in [0.05, 0.1) is 11.7 Å². The molecule has 1 aliphatic rings. The van der Waals surface area contributed by atoms with Gasteiger partial charge in [-0.2, -0.15) is 5.10 Å². The quantitative estimate of drug-likeness (QED) is 0.505. The number of rotatable bonds is 7. The Kier molecular flexibility index (Phi) is 5.86. The van der Waals surface area contributed by atoms with Gasteiger partial charge in [-0.05, 0) is 51.2 Å². The first kappa shape index (κ1) is 21.2. The largest absolute Gasteiger partial charge is 0.348 e. The van der Waals surface area contributed by atoms with Crippen LogP contribution in [0, 0.1) is 0 Å². The minimum absolute atomic E-state index is 0.0557. The van der Waals surface area contributed by atoms with Crippen LogP contribution in [0.5, 0.6) is 0 Å². The SMILES string of the molecule is C=C(C)C(C)(F)CN[C@H]1CC[C@H](NC(=O)c2nc(-n3ccnc3)cc3cn[nH]c23)CC1. The number of hydrogen-bond donors (Lipinski definition) is 3. The van der Waals surface area contributed by atoms with Crippen LogP contribution in [0.3, 0.4) is 0 Å². The number of fused-ring (bicyclic) bond motifs is 1. The van der Waals surface area contributed by atoms with Gasteiger partial charge in [-0.3, -0.25) is 14.5 Å². The van der Waals surface area contributed by atoms with Gasteiger partial charge >= 0.3 is 0 Å². The third kappa shape index (κ3) is 4.66. The molecule has 0 radical (unpaired) electrons. The number of aromatic nitrogens is 5. The minimum Gasteiger partial charge on any atom is -0.348 e. The average Bonchev–Trinajstić information content (AvgIpc) is 3.44. The van der Waals surface area contributed by atoms with Crippen LogP contribution < -0.4 is 10.6 Å². The molecule has 0 aromatic carbocycles. The third-order valence-electron chi connectivity index (χ3n) is 6.08. The lowest BCUT2D eigenvalue weighted by molar-refractivity contribution is 0.0920. The predicted octanol–water partition coefficient (Wildman–Crippen LogP) is 3.08. The summed E-state index contributed by atoms with van der Waals surface area (Å²) in [5.74, 6) is 0.377. The smallest absolute Gasteiger partial charge is 0.272 e. The van der Waals surface area contributed by atoms with Crippen LogP contribution in [-0.4, -0.2) is 54.9 Å². The Labute approximate surface area is 180 Å². The first-order valence-electron chi connectivity index (χ1n) is 10.5. The number of carbonyl (C=O) groups is 1. The Bertz CT molecular complexity index is 1060. The fourth-order valence-electron chi connectivity index (χ4n) is 3.81. The number of hydrogen-bond acceptors (Lipinski definition) is 5. The van der Waals surface area contributed by atoms with Crippen molar-refractivity contribution in [2.75, 3.05) is 6.54 Å². The monoisotopic (exact) mass is 425 g/mol. The molecule has 31 heavy (non-hydrogen) atoms. The Balaban J connectivity index is 1.39. The molecule has 1 fully saturated rings. The van der Waals surface area contributed by atoms with Gasteiger partial charge in [-0.25, -0.2) is 14.4 Å². The van der Waals surface area contributed by atoms with Crippen LogP contribution in [0.4, 0.5) is 4.39 Å². The van der Waals surface area contributed by atoms with Crippen LogP contribution >= 0.6 is 0 Å². The van der Waals surface area contributed by atoms with Gasteiger partial charge in [0.2, 0.25) is 0 Å². The van der Waals surface area contributed by atoms with Crippen molar-refractivity contribution in [3.63, 3.8) is 0 Å². The number of aromatic amines is 1. The Hall–Kier alpha value is -3.07. The maximum atomic E-state index is 14.4. The van der Waals surface area contributed by atoms with Crippen LogP contribution in [0.25, 0.3) is 16.7 Å². The summed E-state index contributed by atoms with van der Waals surface area (Å²) in [5.41, 5.74) is 0.0377. The maximum Gasteiger partial charge on any atom is 0.272 e. The van der Waals surface area contributed by atoms with Crippen molar-refractivity contribution in [3.05, 3.63) is 48.8 Å². The minimum atomic E-state index is -1.41. The molecule has 9 heteroatoms. The predicted molar refractivity (Wildman–Crippen MR) is 117 cm³/mol. The number of pyridine rings is 1. The van der Waals surface area contributed by atoms with Crippen LogP contribution in [0.2, 0.25) is 0 Å². The molecular formula is C22H28FN7O. The van der Waals surface area contributed by atoms with Gasteiger partial charge in [0.1, 0.15) is 17.8 Å². The first-order chi connectivity index (χ1) is 14.8. The maximum absolute atomic E-state index is 14.4. The van der Waals surface area contributed by atoms with Crippen molar-refractivity contribution in [2.24, 2.45) is 0 Å². The second kappa shape index (κ2) is 8.58. The van der Waals surface area contributed by atoms with Crippen LogP contribution in [-0.2, 0) is 0 Å². The molecule has 3 heterocycles. The molecule has 0 bridgehead atoms. The second-order valence-electron chi connectivity index (χ2n) is 8.51. The zero-order chi connectivity index (χ0) is 22.0. The van der Waals surface area contributed by atoms with E-state index in [0.29, 0.717) is 22.6 Å². The van der Waals surface area contributed by atoms with E-state index >= 15 is 0 Å². The zero-order valence-corrected chi connectivity index (χ0v) is 17.9. The highest BCUT2D eigenvalue weighted by Crippen LogP contribution is 2.23. The second-order valence-corrected chi connectivity index (χ2v) is 8.51. The number of halogens is 1. The summed E-state index contributed by atoms with van der Waals surface area (Å²) in [6.45, 7) is 7.24. The molecule has 1 amide bonds. The van der Waals surface area contributed by atoms with Crippen molar-refractivity contribution < 1.29 is 9.18 Å². The van der Waals surface area contributed by atoms with E-state index in [1.165, 1.54) is 0 Å². The van der Waals surface area contributed by atoms with Crippen LogP contribution in [0.15, 0.2) is 43.1 Å². The van der Waals surface area contributed by atoms with Gasteiger partial charge in [0, 0.05) is 36.4 Å². The molecule has 1 aliphatic carbocycles. The van der Waals surface area contributed by atoms with E-state index in [1.807, 2.05) is 6.07 Å². The molecule has 4 rings (SSSR count). The standard InChI is InChI=1S/C22H28FN7O/c1-14(2)22(3,23)12-25-16-4-6-17(7-5-16)27-21(31)20-19-15(11-26-29-19)10-18(28-20)30-9-8-24-13-30/h8-11,13,16-17,25H,1,4-7,12H2,2-3H3,(H,26,29)(H,27,31)/t16-,17-,22?. The highest BCUT2D eigenvalue weighted by atomic mass is 19.1. The van der Waals surface area contributed by atoms with E-state index < -0.39 is 5.67 Å². The molecule has 1 saturated carbocycles. The summed E-state index contributed by atoms with van der Waals surface area (Å²) < 4.78 is 16.2. The molecule has 0 aliphatic heterocycles. The summed E-state index contributed by atoms with van der Waals surface area (Å²) in [6.07, 6.45) is 10.2. The number of H-pyrrole nitrogens is 1. The fourth-order valence-corrected chi connectivity index (χ4v) is 3.81. The van der Waals surface area contributed by atoms with Crippen molar-refractivity contribution in [3.8, 4) is 5.82 Å². The third-order valence-corrected chi connectivity index (χ3v) is 6.08. The number of alkyl halides is 1. The molecule has 0 spiro atoms. The van der Waals surface area contributed by atoms with E-state index in [0.717, 1.165) is 31.1 Å². The van der Waals surface area contributed by atoms with E-state index in [4.69, 9.17) is 0 Å². The number of carbonyl (C=O) groups excluding carboxylic acids is 1. The highest BCUT2D eigenvalue weighted by Gasteiger charge is 2.28. The molecule has 3 N–H and O–H groups in total. The molecule has 3 aromatic rings. The lowest BCUT2D eigenvalue weighted by Gasteiger charge is -2.32. The highest BCUT2D eigenvalue weighted by molar-refractivity contribution is 6.04. The van der Waals surface area contributed by atoms with Crippen molar-refractivity contribution in [1.29, 1.82) is 0 Å². The fraction of sp³-hybridized carbons (Fsp3) is 0.455. The summed E-state index contributed by atoms with van der Waals surface area (Å²) in [6, 6.07) is 2.15. The molecule has 3 aromatic heterocycles. The lowest BCUT2D eigenvalue weighted by atomic mass is 9.90. The van der Waals surface area contributed by atoms with Gasteiger partial charge in [0.15, 0.2) is 5.69 Å². The Morgan fingerprint density at radius 3 is 2.77 bits per heavy atom. The van der Waals surface area contributed by atoms with Gasteiger partial charge in [-0.1, -0.05) is 6.58 Å². The molecule has 1 unspecified atom stereocenters. The Morgan fingerprint density at radius 1 is 1.35 bits per heavy atom. The topological polar surface area (TPSA) is 101 Å². The van der Waals surface area contributed by atoms with Crippen molar-refractivity contribution in [2.45, 2.75) is 57.3 Å². The Morgan fingerprint density at radius 2 is 2.10 bits per heavy atom. The van der Waals surface area contributed by atoms with Crippen LogP contribution in [0.1, 0.15) is 50.0 Å². The number of imidazole rings is 1. The average molecular weight is 426 g/mol. The number of nitrogens with one attached hydrogen (secondary N) is 3. The molecule has 8 nitrogen and oxygen atoms in total. The summed E-state index contributed by atoms with van der Waals surface area (Å²) in [5, 5.41) is 14.2. The number of amides is 1. The van der Waals surface area contributed by atoms with Gasteiger partial charge < -0.3 is 10.6 Å². The van der Waals surface area contributed by atoms with E-state index in [-0.39, 0.29) is 24.5 Å². The normalized spacial score (nSPS) is 21.0. The van der Waals surface area contributed by atoms with E-state index in [1.54, 1.807) is 43.3 Å². The van der Waals surface area contributed by atoms with Gasteiger partial charge in [0.25, 0.3) is 5.91 Å². The number of nitrogens with zero attached hydrogens (tertiary/aromatic N) is 4. The molecule has 164 valence electrons. The van der Waals surface area contributed by atoms with Crippen molar-refractivity contribution >= 4 is 16.8 Å². The summed E-state index contributed by atoms with van der Waals surface area (Å²) in [7, 11) is 0. The van der Waals surface area contributed by atoms with Gasteiger partial charge in [-0.15, -0.1) is 0 Å². The van der Waals surface area contributed by atoms with Crippen molar-refractivity contribution in [1.82, 2.24) is 35.4 Å². The zero-order valence-electron chi connectivity index (χ0n) is 17.9.